The number of nitrogens with zero attached hydrogens (tertiary/aromatic N) is 7. The van der Waals surface area contributed by atoms with Crippen molar-refractivity contribution < 1.29 is 19.2 Å². The molecule has 5 aliphatic rings. The summed E-state index contributed by atoms with van der Waals surface area (Å²) in [5.74, 6) is 0.523. The first-order chi connectivity index (χ1) is 29.7. The van der Waals surface area contributed by atoms with E-state index in [1.54, 1.807) is 18.6 Å². The maximum absolute atomic E-state index is 14.1. The number of pyridine rings is 1. The number of amides is 4. The Hall–Kier alpha value is -5.60. The highest BCUT2D eigenvalue weighted by Crippen LogP contribution is 2.43. The summed E-state index contributed by atoms with van der Waals surface area (Å²) in [6.45, 7) is 5.93. The maximum atomic E-state index is 14.1. The van der Waals surface area contributed by atoms with Gasteiger partial charge in [-0.3, -0.25) is 34.4 Å². The third-order valence-electron chi connectivity index (χ3n) is 13.4. The number of nitrogens with one attached hydrogen (secondary N) is 3. The molecule has 0 saturated carbocycles. The third kappa shape index (κ3) is 9.06. The van der Waals surface area contributed by atoms with E-state index in [-0.39, 0.29) is 23.6 Å². The van der Waals surface area contributed by atoms with Crippen molar-refractivity contribution in [2.24, 2.45) is 5.41 Å². The first kappa shape index (κ1) is 40.8. The Morgan fingerprint density at radius 3 is 2.36 bits per heavy atom. The summed E-state index contributed by atoms with van der Waals surface area (Å²) in [5, 5.41) is 9.39. The van der Waals surface area contributed by atoms with Crippen molar-refractivity contribution in [1.82, 2.24) is 30.1 Å². The summed E-state index contributed by atoms with van der Waals surface area (Å²) in [6.07, 6.45) is 13.5. The Bertz CT molecular complexity index is 2270. The topological polar surface area (TPSA) is 156 Å². The molecule has 15 heteroatoms. The van der Waals surface area contributed by atoms with Crippen molar-refractivity contribution in [2.75, 3.05) is 72.8 Å². The predicted octanol–water partition coefficient (Wildman–Crippen LogP) is 6.37. The van der Waals surface area contributed by atoms with Crippen LogP contribution in [0.5, 0.6) is 0 Å². The molecule has 1 spiro atoms. The number of hydrogen-bond acceptors (Lipinski definition) is 11. The lowest BCUT2D eigenvalue weighted by Crippen LogP contribution is -2.49. The number of carbonyl (C=O) groups is 4. The van der Waals surface area contributed by atoms with E-state index in [0.717, 1.165) is 62.4 Å². The number of piperidine rings is 4. The highest BCUT2D eigenvalue weighted by molar-refractivity contribution is 6.33. The van der Waals surface area contributed by atoms with Crippen LogP contribution in [0.2, 0.25) is 5.02 Å². The van der Waals surface area contributed by atoms with Crippen LogP contribution in [0.3, 0.4) is 0 Å². The fourth-order valence-electron chi connectivity index (χ4n) is 9.72. The van der Waals surface area contributed by atoms with Crippen molar-refractivity contribution in [3.63, 3.8) is 0 Å². The molecule has 0 radical (unpaired) electrons. The molecule has 5 aliphatic heterocycles. The molecule has 61 heavy (non-hydrogen) atoms. The highest BCUT2D eigenvalue weighted by atomic mass is 35.5. The molecule has 4 aromatic rings. The zero-order valence-corrected chi connectivity index (χ0v) is 35.2. The fourth-order valence-corrected chi connectivity index (χ4v) is 9.92. The van der Waals surface area contributed by atoms with E-state index in [1.165, 1.54) is 30.5 Å². The molecule has 4 amide bonds. The van der Waals surface area contributed by atoms with Gasteiger partial charge < -0.3 is 25.3 Å². The average molecular weight is 845 g/mol. The number of imide groups is 1. The number of benzene rings is 2. The minimum Gasteiger partial charge on any atom is -0.374 e. The summed E-state index contributed by atoms with van der Waals surface area (Å²) < 4.78 is 0. The Morgan fingerprint density at radius 1 is 0.820 bits per heavy atom. The summed E-state index contributed by atoms with van der Waals surface area (Å²) in [5.41, 5.74) is 5.76. The van der Waals surface area contributed by atoms with Gasteiger partial charge in [0.05, 0.1) is 52.6 Å². The van der Waals surface area contributed by atoms with Gasteiger partial charge in [-0.15, -0.1) is 0 Å². The molecule has 5 saturated heterocycles. The van der Waals surface area contributed by atoms with Gasteiger partial charge in [0, 0.05) is 56.1 Å². The van der Waals surface area contributed by atoms with Crippen LogP contribution < -0.4 is 25.8 Å². The lowest BCUT2D eigenvalue weighted by atomic mass is 9.77. The van der Waals surface area contributed by atoms with E-state index in [9.17, 15) is 19.2 Å². The smallest absolute Gasteiger partial charge is 0.249 e. The van der Waals surface area contributed by atoms with E-state index in [2.05, 4.69) is 60.0 Å². The number of anilines is 5. The quantitative estimate of drug-likeness (QED) is 0.153. The van der Waals surface area contributed by atoms with Crippen LogP contribution >= 0.6 is 11.6 Å². The van der Waals surface area contributed by atoms with E-state index in [1.807, 2.05) is 40.1 Å². The zero-order chi connectivity index (χ0) is 41.9. The van der Waals surface area contributed by atoms with Gasteiger partial charge in [-0.25, -0.2) is 9.97 Å². The van der Waals surface area contributed by atoms with Crippen molar-refractivity contribution in [2.45, 2.75) is 76.2 Å². The third-order valence-corrected chi connectivity index (χ3v) is 13.6. The second-order valence-electron chi connectivity index (χ2n) is 17.2. The normalized spacial score (nSPS) is 21.2. The van der Waals surface area contributed by atoms with Crippen molar-refractivity contribution >= 4 is 63.9 Å². The van der Waals surface area contributed by atoms with Crippen molar-refractivity contribution in [1.29, 1.82) is 0 Å². The molecular weight excluding hydrogens is 792 g/mol. The van der Waals surface area contributed by atoms with Crippen LogP contribution in [0, 0.1) is 5.41 Å². The molecule has 0 bridgehead atoms. The van der Waals surface area contributed by atoms with Crippen LogP contribution in [-0.2, 0) is 19.2 Å². The van der Waals surface area contributed by atoms with Crippen LogP contribution in [0.15, 0.2) is 73.2 Å². The largest absolute Gasteiger partial charge is 0.374 e. The predicted molar refractivity (Wildman–Crippen MR) is 236 cm³/mol. The Kier molecular flexibility index (Phi) is 11.9. The Labute approximate surface area is 361 Å². The Balaban J connectivity index is 0.752. The minimum atomic E-state index is -0.484. The zero-order valence-electron chi connectivity index (χ0n) is 34.5. The molecule has 9 rings (SSSR count). The van der Waals surface area contributed by atoms with Crippen LogP contribution in [0.4, 0.5) is 28.7 Å². The number of likely N-dealkylation sites (tertiary alicyclic amines) is 2. The van der Waals surface area contributed by atoms with Gasteiger partial charge >= 0.3 is 0 Å². The molecule has 3 N–H and O–H groups in total. The number of halogens is 1. The molecular formula is C46H53ClN10O4. The molecule has 5 fully saturated rings. The van der Waals surface area contributed by atoms with E-state index in [4.69, 9.17) is 16.6 Å². The molecule has 2 aromatic heterocycles. The lowest BCUT2D eigenvalue weighted by Gasteiger charge is -2.39. The summed E-state index contributed by atoms with van der Waals surface area (Å²) >= 11 is 6.63. The molecule has 0 aliphatic carbocycles. The second kappa shape index (κ2) is 17.8. The minimum absolute atomic E-state index is 0.0963. The number of aromatic nitrogens is 3. The second-order valence-corrected chi connectivity index (χ2v) is 17.6. The number of rotatable bonds is 10. The van der Waals surface area contributed by atoms with E-state index >= 15 is 0 Å². The number of carbonyl (C=O) groups excluding carboxylic acids is 4. The van der Waals surface area contributed by atoms with Crippen LogP contribution in [-0.4, -0.2) is 107 Å². The fraction of sp³-hybridized carbons (Fsp3) is 0.457. The van der Waals surface area contributed by atoms with Crippen LogP contribution in [0.1, 0.15) is 75.7 Å². The van der Waals surface area contributed by atoms with Crippen molar-refractivity contribution in [3.05, 3.63) is 83.8 Å². The highest BCUT2D eigenvalue weighted by Gasteiger charge is 2.49. The lowest BCUT2D eigenvalue weighted by molar-refractivity contribution is -0.138. The van der Waals surface area contributed by atoms with Gasteiger partial charge in [0.25, 0.3) is 0 Å². The van der Waals surface area contributed by atoms with Crippen LogP contribution in [0.25, 0.3) is 11.3 Å². The molecule has 318 valence electrons. The molecule has 1 unspecified atom stereocenters. The summed E-state index contributed by atoms with van der Waals surface area (Å²) in [7, 11) is 0. The number of hydrogen-bond donors (Lipinski definition) is 3. The Morgan fingerprint density at radius 2 is 1.59 bits per heavy atom. The summed E-state index contributed by atoms with van der Waals surface area (Å²) in [4.78, 5) is 73.4. The monoisotopic (exact) mass is 844 g/mol. The van der Waals surface area contributed by atoms with E-state index < -0.39 is 11.5 Å². The standard InChI is InChI=1S/C46H53ClN10O4/c47-38-29-49-45(53-42(38)33-5-4-6-36(25-33)55-18-2-1-3-19-55)51-35-26-37(28-48-27-35)57-24-17-46(44(57)61)15-22-56(23-16-46)41(59)30-54-20-13-32(14-21-54)31-7-9-34(10-8-31)50-39-11-12-40(58)52-43(39)60/h4-10,25-29,32,39,50H,1-3,11-24,30H2,(H,49,51,53)(H,52,58,60). The molecule has 1 atom stereocenters. The van der Waals surface area contributed by atoms with Gasteiger partial charge in [-0.1, -0.05) is 35.9 Å². The first-order valence-electron chi connectivity index (χ1n) is 21.8. The van der Waals surface area contributed by atoms with E-state index in [0.29, 0.717) is 80.1 Å². The molecule has 14 nitrogen and oxygen atoms in total. The van der Waals surface area contributed by atoms with Crippen molar-refractivity contribution in [3.8, 4) is 11.3 Å². The van der Waals surface area contributed by atoms with Gasteiger partial charge in [0.15, 0.2) is 0 Å². The van der Waals surface area contributed by atoms with Gasteiger partial charge in [-0.2, -0.15) is 0 Å². The average Bonchev–Trinajstić information content (AvgIpc) is 3.60. The first-order valence-corrected chi connectivity index (χ1v) is 22.2. The molecule has 7 heterocycles. The van der Waals surface area contributed by atoms with Gasteiger partial charge in [-0.05, 0) is 113 Å². The van der Waals surface area contributed by atoms with Gasteiger partial charge in [0.1, 0.15) is 6.04 Å². The van der Waals surface area contributed by atoms with Gasteiger partial charge in [0.2, 0.25) is 29.6 Å². The summed E-state index contributed by atoms with van der Waals surface area (Å²) in [6, 6.07) is 18.1. The maximum Gasteiger partial charge on any atom is 0.249 e. The molecule has 2 aromatic carbocycles. The SMILES string of the molecule is O=C1CCC(Nc2ccc(C3CCN(CC(=O)N4CCC5(CC4)CCN(c4cncc(Nc6ncc(Cl)c(-c7cccc(N8CCCCC8)c7)n6)c4)C5=O)CC3)cc2)C(=O)N1.